The molecule has 0 radical (unpaired) electrons. The molecule has 0 saturated heterocycles. The van der Waals surface area contributed by atoms with Crippen LogP contribution in [-0.2, 0) is 0 Å². The zero-order chi connectivity index (χ0) is 13.1. The molecule has 0 aromatic carbocycles. The summed E-state index contributed by atoms with van der Waals surface area (Å²) >= 11 is 7.93. The second-order valence-corrected chi connectivity index (χ2v) is 8.83. The van der Waals surface area contributed by atoms with Crippen molar-refractivity contribution in [1.82, 2.24) is 0 Å². The molecule has 1 nitrogen and oxygen atoms in total. The van der Waals surface area contributed by atoms with E-state index in [1.54, 1.807) is 11.3 Å². The van der Waals surface area contributed by atoms with Gasteiger partial charge in [-0.2, -0.15) is 0 Å². The fourth-order valence-corrected chi connectivity index (χ4v) is 6.67. The van der Waals surface area contributed by atoms with Crippen molar-refractivity contribution in [2.45, 2.75) is 45.1 Å². The molecule has 0 aliphatic heterocycles. The van der Waals surface area contributed by atoms with E-state index in [1.807, 2.05) is 0 Å². The van der Waals surface area contributed by atoms with Crippen LogP contribution in [0.4, 0.5) is 0 Å². The molecule has 4 saturated carbocycles. The van der Waals surface area contributed by atoms with Gasteiger partial charge in [-0.1, -0.05) is 11.6 Å². The number of nitrogens with two attached hydrogens (primary N) is 1. The number of thiophene rings is 1. The highest BCUT2D eigenvalue weighted by molar-refractivity contribution is 7.16. The second kappa shape index (κ2) is 4.47. The Morgan fingerprint density at radius 3 is 2.21 bits per heavy atom. The van der Waals surface area contributed by atoms with Crippen LogP contribution in [0, 0.1) is 36.5 Å². The van der Waals surface area contributed by atoms with E-state index in [-0.39, 0.29) is 6.04 Å². The van der Waals surface area contributed by atoms with E-state index in [9.17, 15) is 0 Å². The van der Waals surface area contributed by atoms with Crippen molar-refractivity contribution in [3.63, 3.8) is 0 Å². The van der Waals surface area contributed by atoms with E-state index >= 15 is 0 Å². The molecule has 2 N–H and O–H groups in total. The van der Waals surface area contributed by atoms with E-state index in [2.05, 4.69) is 13.0 Å². The fraction of sp³-hybridized carbons (Fsp3) is 0.750. The molecule has 1 unspecified atom stereocenters. The Hall–Kier alpha value is -0.0500. The van der Waals surface area contributed by atoms with Crippen LogP contribution in [0.3, 0.4) is 0 Å². The van der Waals surface area contributed by atoms with Crippen LogP contribution >= 0.6 is 22.9 Å². The van der Waals surface area contributed by atoms with Gasteiger partial charge < -0.3 is 5.73 Å². The van der Waals surface area contributed by atoms with Gasteiger partial charge in [-0.05, 0) is 80.2 Å². The SMILES string of the molecule is Cc1cc(C(N)C2C3CC4CC(C3)CC2C4)sc1Cl. The summed E-state index contributed by atoms with van der Waals surface area (Å²) in [5, 5.41) is 0. The van der Waals surface area contributed by atoms with Crippen molar-refractivity contribution in [3.8, 4) is 0 Å². The first-order chi connectivity index (χ1) is 9.11. The summed E-state index contributed by atoms with van der Waals surface area (Å²) in [7, 11) is 0. The van der Waals surface area contributed by atoms with Crippen molar-refractivity contribution in [1.29, 1.82) is 0 Å². The lowest BCUT2D eigenvalue weighted by atomic mass is 9.50. The molecule has 4 aliphatic rings. The molecular weight excluding hydrogens is 274 g/mol. The highest BCUT2D eigenvalue weighted by atomic mass is 35.5. The van der Waals surface area contributed by atoms with E-state index in [1.165, 1.54) is 42.5 Å². The average Bonchev–Trinajstić information content (AvgIpc) is 2.68. The number of halogens is 1. The molecule has 4 aliphatic carbocycles. The zero-order valence-electron chi connectivity index (χ0n) is 11.4. The van der Waals surface area contributed by atoms with Crippen molar-refractivity contribution < 1.29 is 0 Å². The van der Waals surface area contributed by atoms with Crippen molar-refractivity contribution >= 4 is 22.9 Å². The summed E-state index contributed by atoms with van der Waals surface area (Å²) in [5.74, 6) is 4.57. The number of hydrogen-bond donors (Lipinski definition) is 1. The summed E-state index contributed by atoms with van der Waals surface area (Å²) in [6.45, 7) is 2.09. The minimum Gasteiger partial charge on any atom is -0.323 e. The van der Waals surface area contributed by atoms with Gasteiger partial charge in [0, 0.05) is 10.9 Å². The van der Waals surface area contributed by atoms with Gasteiger partial charge in [0.05, 0.1) is 4.34 Å². The van der Waals surface area contributed by atoms with Gasteiger partial charge in [-0.3, -0.25) is 0 Å². The first-order valence-corrected chi connectivity index (χ1v) is 8.82. The lowest BCUT2D eigenvalue weighted by Gasteiger charge is -2.55. The van der Waals surface area contributed by atoms with Crippen molar-refractivity contribution in [2.24, 2.45) is 35.3 Å². The highest BCUT2D eigenvalue weighted by Crippen LogP contribution is 2.59. The van der Waals surface area contributed by atoms with Crippen LogP contribution in [0.5, 0.6) is 0 Å². The number of rotatable bonds is 2. The standard InChI is InChI=1S/C16H22ClNS/c1-8-2-13(19-16(8)17)15(18)14-11-4-9-3-10(6-11)7-12(14)5-9/h2,9-12,14-15H,3-7,18H2,1H3. The van der Waals surface area contributed by atoms with Gasteiger partial charge in [-0.15, -0.1) is 11.3 Å². The topological polar surface area (TPSA) is 26.0 Å². The van der Waals surface area contributed by atoms with Crippen LogP contribution in [0.25, 0.3) is 0 Å². The third kappa shape index (κ3) is 1.99. The first-order valence-electron chi connectivity index (χ1n) is 7.63. The zero-order valence-corrected chi connectivity index (χ0v) is 13.0. The normalized spacial score (nSPS) is 41.7. The minimum absolute atomic E-state index is 0.228. The molecule has 4 bridgehead atoms. The molecule has 19 heavy (non-hydrogen) atoms. The Morgan fingerprint density at radius 1 is 1.16 bits per heavy atom. The summed E-state index contributed by atoms with van der Waals surface area (Å²) < 4.78 is 0.925. The molecular formula is C16H22ClNS. The van der Waals surface area contributed by atoms with Crippen LogP contribution in [0.15, 0.2) is 6.07 Å². The third-order valence-corrected chi connectivity index (χ3v) is 7.58. The maximum absolute atomic E-state index is 6.65. The van der Waals surface area contributed by atoms with Gasteiger partial charge in [0.2, 0.25) is 0 Å². The molecule has 1 atom stereocenters. The van der Waals surface area contributed by atoms with Gasteiger partial charge in [0.1, 0.15) is 0 Å². The molecule has 3 heteroatoms. The molecule has 104 valence electrons. The van der Waals surface area contributed by atoms with Crippen LogP contribution in [0.2, 0.25) is 4.34 Å². The Bertz CT molecular complexity index is 447. The molecule has 1 aromatic heterocycles. The lowest BCUT2D eigenvalue weighted by molar-refractivity contribution is -0.0467. The maximum atomic E-state index is 6.65. The highest BCUT2D eigenvalue weighted by Gasteiger charge is 2.50. The predicted molar refractivity (Wildman–Crippen MR) is 81.5 cm³/mol. The van der Waals surface area contributed by atoms with E-state index in [0.717, 1.165) is 33.9 Å². The Labute approximate surface area is 124 Å². The van der Waals surface area contributed by atoms with E-state index < -0.39 is 0 Å². The Kier molecular flexibility index (Phi) is 2.98. The lowest BCUT2D eigenvalue weighted by Crippen LogP contribution is -2.48. The Morgan fingerprint density at radius 2 is 1.74 bits per heavy atom. The molecule has 0 spiro atoms. The predicted octanol–water partition coefficient (Wildman–Crippen LogP) is 4.78. The van der Waals surface area contributed by atoms with Crippen LogP contribution < -0.4 is 5.73 Å². The van der Waals surface area contributed by atoms with Crippen molar-refractivity contribution in [3.05, 3.63) is 20.8 Å². The van der Waals surface area contributed by atoms with E-state index in [0.29, 0.717) is 0 Å². The Balaban J connectivity index is 1.61. The van der Waals surface area contributed by atoms with Crippen LogP contribution in [-0.4, -0.2) is 0 Å². The van der Waals surface area contributed by atoms with Gasteiger partial charge in [0.25, 0.3) is 0 Å². The quantitative estimate of drug-likeness (QED) is 0.834. The molecule has 0 amide bonds. The third-order valence-electron chi connectivity index (χ3n) is 5.92. The monoisotopic (exact) mass is 295 g/mol. The molecule has 4 fully saturated rings. The smallest absolute Gasteiger partial charge is 0.0960 e. The van der Waals surface area contributed by atoms with Gasteiger partial charge >= 0.3 is 0 Å². The summed E-state index contributed by atoms with van der Waals surface area (Å²) in [6, 6.07) is 2.45. The largest absolute Gasteiger partial charge is 0.323 e. The molecule has 1 heterocycles. The maximum Gasteiger partial charge on any atom is 0.0960 e. The molecule has 5 rings (SSSR count). The van der Waals surface area contributed by atoms with Crippen LogP contribution in [0.1, 0.15) is 48.6 Å². The fourth-order valence-electron chi connectivity index (χ4n) is 5.39. The molecule has 1 aromatic rings. The van der Waals surface area contributed by atoms with Gasteiger partial charge in [0.15, 0.2) is 0 Å². The summed E-state index contributed by atoms with van der Waals surface area (Å²) in [5.41, 5.74) is 7.85. The number of aryl methyl sites for hydroxylation is 1. The van der Waals surface area contributed by atoms with Gasteiger partial charge in [-0.25, -0.2) is 0 Å². The first kappa shape index (κ1) is 12.7. The van der Waals surface area contributed by atoms with E-state index in [4.69, 9.17) is 17.3 Å². The van der Waals surface area contributed by atoms with Crippen molar-refractivity contribution in [2.75, 3.05) is 0 Å². The summed E-state index contributed by atoms with van der Waals surface area (Å²) in [4.78, 5) is 1.32. The average molecular weight is 296 g/mol. The minimum atomic E-state index is 0.228. The number of hydrogen-bond acceptors (Lipinski definition) is 2. The summed E-state index contributed by atoms with van der Waals surface area (Å²) in [6.07, 6.45) is 7.30. The second-order valence-electron chi connectivity index (χ2n) is 7.14.